The number of amides is 1. The van der Waals surface area contributed by atoms with Gasteiger partial charge >= 0.3 is 12.1 Å². The van der Waals surface area contributed by atoms with Gasteiger partial charge < -0.3 is 9.42 Å². The number of rotatable bonds is 3. The Hall–Kier alpha value is -3.23. The van der Waals surface area contributed by atoms with Crippen LogP contribution in [0.15, 0.2) is 47.0 Å². The van der Waals surface area contributed by atoms with Crippen molar-refractivity contribution in [3.63, 3.8) is 0 Å². The third kappa shape index (κ3) is 3.12. The molecule has 1 amide bonds. The zero-order valence-corrected chi connectivity index (χ0v) is 14.5. The van der Waals surface area contributed by atoms with Crippen LogP contribution >= 0.6 is 0 Å². The largest absolute Gasteiger partial charge is 0.471 e. The molecule has 28 heavy (non-hydrogen) atoms. The number of carbonyl (C=O) groups is 1. The topological polar surface area (TPSA) is 59.2 Å². The lowest BCUT2D eigenvalue weighted by Gasteiger charge is -2.24. The highest BCUT2D eigenvalue weighted by molar-refractivity contribution is 5.99. The van der Waals surface area contributed by atoms with Gasteiger partial charge in [-0.2, -0.15) is 18.2 Å². The second-order valence-electron chi connectivity index (χ2n) is 6.45. The molecule has 0 fully saturated rings. The van der Waals surface area contributed by atoms with Crippen molar-refractivity contribution in [3.05, 3.63) is 70.9 Å². The van der Waals surface area contributed by atoms with Gasteiger partial charge in [0.15, 0.2) is 0 Å². The Morgan fingerprint density at radius 3 is 2.50 bits per heavy atom. The predicted octanol–water partition coefficient (Wildman–Crippen LogP) is 4.61. The van der Waals surface area contributed by atoms with E-state index in [4.69, 9.17) is 0 Å². The van der Waals surface area contributed by atoms with Gasteiger partial charge in [0.25, 0.3) is 5.91 Å². The zero-order valence-electron chi connectivity index (χ0n) is 14.5. The van der Waals surface area contributed by atoms with Gasteiger partial charge in [0, 0.05) is 17.7 Å². The lowest BCUT2D eigenvalue weighted by atomic mass is 10.1. The summed E-state index contributed by atoms with van der Waals surface area (Å²) in [6, 6.07) is 10.2. The highest BCUT2D eigenvalue weighted by atomic mass is 19.4. The maximum Gasteiger partial charge on any atom is 0.471 e. The summed E-state index contributed by atoms with van der Waals surface area (Å²) in [5, 5.41) is 3.35. The van der Waals surface area contributed by atoms with Crippen molar-refractivity contribution in [2.45, 2.75) is 25.7 Å². The third-order valence-electron chi connectivity index (χ3n) is 4.69. The Morgan fingerprint density at radius 1 is 1.14 bits per heavy atom. The number of nitrogens with zero attached hydrogens (tertiary/aromatic N) is 3. The summed E-state index contributed by atoms with van der Waals surface area (Å²) in [6.07, 6.45) is -4.74. The second kappa shape index (κ2) is 6.43. The average molecular weight is 391 g/mol. The fourth-order valence-electron chi connectivity index (χ4n) is 3.15. The zero-order chi connectivity index (χ0) is 20.1. The Morgan fingerprint density at radius 2 is 1.86 bits per heavy atom. The Balaban J connectivity index is 1.61. The number of aromatic nitrogens is 2. The number of benzene rings is 2. The number of hydrogen-bond donors (Lipinski definition) is 0. The van der Waals surface area contributed by atoms with E-state index in [0.717, 1.165) is 11.1 Å². The van der Waals surface area contributed by atoms with E-state index in [2.05, 4.69) is 14.7 Å². The highest BCUT2D eigenvalue weighted by Gasteiger charge is 2.39. The number of fused-ring (bicyclic) bond motifs is 1. The van der Waals surface area contributed by atoms with Gasteiger partial charge in [0.1, 0.15) is 5.82 Å². The van der Waals surface area contributed by atoms with Gasteiger partial charge in [-0.15, -0.1) is 0 Å². The molecule has 1 unspecified atom stereocenters. The minimum absolute atomic E-state index is 0.243. The van der Waals surface area contributed by atoms with Crippen LogP contribution in [-0.4, -0.2) is 20.9 Å². The lowest BCUT2D eigenvalue weighted by Crippen LogP contribution is -2.27. The van der Waals surface area contributed by atoms with Crippen LogP contribution < -0.4 is 0 Å². The second-order valence-corrected chi connectivity index (χ2v) is 6.45. The summed E-state index contributed by atoms with van der Waals surface area (Å²) < 4.78 is 55.3. The van der Waals surface area contributed by atoms with Crippen LogP contribution in [-0.2, 0) is 12.7 Å². The van der Waals surface area contributed by atoms with Crippen LogP contribution in [0.4, 0.5) is 17.6 Å². The summed E-state index contributed by atoms with van der Waals surface area (Å²) in [4.78, 5) is 17.8. The molecule has 1 aliphatic heterocycles. The molecule has 0 N–H and O–H groups in total. The normalized spacial score (nSPS) is 15.0. The van der Waals surface area contributed by atoms with E-state index >= 15 is 0 Å². The molecule has 2 heterocycles. The molecule has 0 aliphatic carbocycles. The smallest absolute Gasteiger partial charge is 0.329 e. The summed E-state index contributed by atoms with van der Waals surface area (Å²) in [6.45, 7) is 2.17. The third-order valence-corrected chi connectivity index (χ3v) is 4.69. The number of alkyl halides is 3. The van der Waals surface area contributed by atoms with E-state index in [-0.39, 0.29) is 29.2 Å². The molecule has 3 aromatic rings. The number of halogens is 4. The maximum atomic E-state index is 13.1. The molecule has 2 aromatic carbocycles. The van der Waals surface area contributed by atoms with Gasteiger partial charge in [-0.05, 0) is 36.2 Å². The molecule has 0 saturated carbocycles. The quantitative estimate of drug-likeness (QED) is 0.612. The maximum absolute atomic E-state index is 13.1. The molecule has 5 nitrogen and oxygen atoms in total. The number of hydrogen-bond acceptors (Lipinski definition) is 4. The fraction of sp³-hybridized carbons (Fsp3) is 0.211. The van der Waals surface area contributed by atoms with E-state index in [1.165, 1.54) is 18.2 Å². The van der Waals surface area contributed by atoms with E-state index in [1.807, 2.05) is 6.92 Å². The average Bonchev–Trinajstić information content (AvgIpc) is 3.27. The van der Waals surface area contributed by atoms with Gasteiger partial charge in [-0.1, -0.05) is 29.4 Å². The molecule has 9 heteroatoms. The van der Waals surface area contributed by atoms with Crippen molar-refractivity contribution in [1.29, 1.82) is 0 Å². The van der Waals surface area contributed by atoms with Crippen LogP contribution in [0.3, 0.4) is 0 Å². The molecule has 1 aromatic heterocycles. The molecular formula is C19H13F4N3O2. The predicted molar refractivity (Wildman–Crippen MR) is 89.4 cm³/mol. The van der Waals surface area contributed by atoms with Crippen molar-refractivity contribution in [2.24, 2.45) is 0 Å². The monoisotopic (exact) mass is 391 g/mol. The summed E-state index contributed by atoms with van der Waals surface area (Å²) in [5.41, 5.74) is 2.13. The van der Waals surface area contributed by atoms with Crippen molar-refractivity contribution in [2.75, 3.05) is 0 Å². The highest BCUT2D eigenvalue weighted by Crippen LogP contribution is 2.34. The van der Waals surface area contributed by atoms with Gasteiger partial charge in [-0.25, -0.2) is 4.39 Å². The van der Waals surface area contributed by atoms with Gasteiger partial charge in [0.05, 0.1) is 6.04 Å². The first-order valence-corrected chi connectivity index (χ1v) is 8.34. The van der Waals surface area contributed by atoms with Crippen LogP contribution in [0.5, 0.6) is 0 Å². The SMILES string of the molecule is CC(c1ccc(F)cc1)N1Cc2ccc(-c3noc(C(F)(F)F)n3)cc2C1=O. The Kier molecular flexibility index (Phi) is 4.17. The van der Waals surface area contributed by atoms with E-state index in [9.17, 15) is 22.4 Å². The molecule has 1 aliphatic rings. The fourth-order valence-corrected chi connectivity index (χ4v) is 3.15. The summed E-state index contributed by atoms with van der Waals surface area (Å²) in [5.74, 6) is -2.32. The van der Waals surface area contributed by atoms with Crippen LogP contribution in [0.2, 0.25) is 0 Å². The van der Waals surface area contributed by atoms with Crippen molar-refractivity contribution in [3.8, 4) is 11.4 Å². The van der Waals surface area contributed by atoms with E-state index < -0.39 is 12.1 Å². The summed E-state index contributed by atoms with van der Waals surface area (Å²) >= 11 is 0. The Bertz CT molecular complexity index is 1040. The van der Waals surface area contributed by atoms with Gasteiger partial charge in [-0.3, -0.25) is 4.79 Å². The first-order chi connectivity index (χ1) is 13.2. The molecule has 144 valence electrons. The molecule has 0 bridgehead atoms. The molecular weight excluding hydrogens is 378 g/mol. The molecule has 0 radical (unpaired) electrons. The lowest BCUT2D eigenvalue weighted by molar-refractivity contribution is -0.159. The van der Waals surface area contributed by atoms with Crippen LogP contribution in [0.1, 0.15) is 40.3 Å². The summed E-state index contributed by atoms with van der Waals surface area (Å²) in [7, 11) is 0. The standard InChI is InChI=1S/C19H13F4N3O2/c1-10(11-4-6-14(20)7-5-11)26-9-13-3-2-12(8-15(13)17(26)27)16-24-18(28-25-16)19(21,22)23/h2-8,10H,9H2,1H3. The van der Waals surface area contributed by atoms with Crippen molar-refractivity contribution >= 4 is 5.91 Å². The molecule has 4 rings (SSSR count). The van der Waals surface area contributed by atoms with Crippen LogP contribution in [0, 0.1) is 5.82 Å². The first kappa shape index (κ1) is 18.1. The first-order valence-electron chi connectivity index (χ1n) is 8.34. The van der Waals surface area contributed by atoms with Crippen molar-refractivity contribution < 1.29 is 26.9 Å². The van der Waals surface area contributed by atoms with E-state index in [1.54, 1.807) is 29.2 Å². The number of carbonyl (C=O) groups excluding carboxylic acids is 1. The minimum Gasteiger partial charge on any atom is -0.329 e. The molecule has 0 spiro atoms. The van der Waals surface area contributed by atoms with Crippen molar-refractivity contribution in [1.82, 2.24) is 15.0 Å². The molecule has 1 atom stereocenters. The minimum atomic E-state index is -4.74. The molecule has 0 saturated heterocycles. The van der Waals surface area contributed by atoms with Gasteiger partial charge in [0.2, 0.25) is 5.82 Å². The Labute approximate surface area is 156 Å². The van der Waals surface area contributed by atoms with E-state index in [0.29, 0.717) is 12.1 Å². The van der Waals surface area contributed by atoms with Crippen LogP contribution in [0.25, 0.3) is 11.4 Å².